The van der Waals surface area contributed by atoms with Gasteiger partial charge in [-0.1, -0.05) is 37.3 Å². The first-order valence-corrected chi connectivity index (χ1v) is 9.91. The lowest BCUT2D eigenvalue weighted by molar-refractivity contribution is 0.633. The number of nitrogens with one attached hydrogen (secondary N) is 2. The van der Waals surface area contributed by atoms with Gasteiger partial charge in [0.25, 0.3) is 0 Å². The molecule has 2 rings (SSSR count). The lowest BCUT2D eigenvalue weighted by atomic mass is 10.2. The number of aromatic nitrogens is 3. The van der Waals surface area contributed by atoms with E-state index in [4.69, 9.17) is 0 Å². The second-order valence-corrected chi connectivity index (χ2v) is 7.07. The lowest BCUT2D eigenvalue weighted by Crippen LogP contribution is -2.40. The summed E-state index contributed by atoms with van der Waals surface area (Å²) in [5.41, 5.74) is 1.10. The van der Waals surface area contributed by atoms with Gasteiger partial charge in [0, 0.05) is 55.4 Å². The number of aryl methyl sites for hydroxylation is 1. The van der Waals surface area contributed by atoms with Gasteiger partial charge in [-0.2, -0.15) is 0 Å². The number of rotatable bonds is 9. The van der Waals surface area contributed by atoms with Crippen LogP contribution in [0.3, 0.4) is 0 Å². The van der Waals surface area contributed by atoms with Crippen molar-refractivity contribution in [3.05, 3.63) is 48.0 Å². The molecule has 0 aliphatic rings. The maximum atomic E-state index is 12.1. The Morgan fingerprint density at radius 2 is 2.00 bits per heavy atom. The van der Waals surface area contributed by atoms with Crippen molar-refractivity contribution in [1.82, 2.24) is 25.4 Å². The second kappa shape index (κ2) is 10.6. The smallest absolute Gasteiger partial charge is 0.191 e. The summed E-state index contributed by atoms with van der Waals surface area (Å²) in [6, 6.07) is 9.90. The normalized spacial score (nSPS) is 12.8. The summed E-state index contributed by atoms with van der Waals surface area (Å²) in [4.78, 5) is 4.19. The molecule has 0 saturated heterocycles. The van der Waals surface area contributed by atoms with Crippen LogP contribution in [0.25, 0.3) is 0 Å². The summed E-state index contributed by atoms with van der Waals surface area (Å²) in [6.07, 6.45) is 2.60. The SMILES string of the molecule is CCc1nncn1CCNC(=NC)NCCS(=O)Cc1ccccc1. The predicted molar refractivity (Wildman–Crippen MR) is 102 cm³/mol. The molecule has 0 radical (unpaired) electrons. The molecule has 2 aromatic rings. The third kappa shape index (κ3) is 6.66. The first-order valence-electron chi connectivity index (χ1n) is 8.43. The van der Waals surface area contributed by atoms with Gasteiger partial charge < -0.3 is 15.2 Å². The van der Waals surface area contributed by atoms with Crippen LogP contribution in [0, 0.1) is 0 Å². The summed E-state index contributed by atoms with van der Waals surface area (Å²) < 4.78 is 14.1. The van der Waals surface area contributed by atoms with E-state index in [9.17, 15) is 4.21 Å². The minimum absolute atomic E-state index is 0.584. The number of nitrogens with zero attached hydrogens (tertiary/aromatic N) is 4. The van der Waals surface area contributed by atoms with Crippen molar-refractivity contribution in [1.29, 1.82) is 0 Å². The highest BCUT2D eigenvalue weighted by atomic mass is 32.2. The standard InChI is InChI=1S/C17H26N6OS/c1-3-16-22-21-14-23(16)11-9-19-17(18-2)20-10-12-25(24)13-15-7-5-4-6-8-15/h4-8,14H,3,9-13H2,1-2H3,(H2,18,19,20). The fraction of sp³-hybridized carbons (Fsp3) is 0.471. The van der Waals surface area contributed by atoms with Gasteiger partial charge in [0.05, 0.1) is 0 Å². The molecule has 1 unspecified atom stereocenters. The summed E-state index contributed by atoms with van der Waals surface area (Å²) in [6.45, 7) is 4.17. The molecule has 136 valence electrons. The Kier molecular flexibility index (Phi) is 8.11. The van der Waals surface area contributed by atoms with E-state index in [-0.39, 0.29) is 0 Å². The van der Waals surface area contributed by atoms with Gasteiger partial charge in [0.1, 0.15) is 12.2 Å². The number of hydrogen-bond donors (Lipinski definition) is 2. The zero-order chi connectivity index (χ0) is 17.9. The highest BCUT2D eigenvalue weighted by Crippen LogP contribution is 2.02. The highest BCUT2D eigenvalue weighted by molar-refractivity contribution is 7.84. The first-order chi connectivity index (χ1) is 12.2. The predicted octanol–water partition coefficient (Wildman–Crippen LogP) is 0.954. The average Bonchev–Trinajstić information content (AvgIpc) is 3.08. The first kappa shape index (κ1) is 19.1. The fourth-order valence-corrected chi connectivity index (χ4v) is 3.41. The van der Waals surface area contributed by atoms with E-state index < -0.39 is 10.8 Å². The lowest BCUT2D eigenvalue weighted by Gasteiger charge is -2.12. The Bertz CT molecular complexity index is 685. The van der Waals surface area contributed by atoms with E-state index in [1.54, 1.807) is 13.4 Å². The number of guanidine groups is 1. The Morgan fingerprint density at radius 3 is 2.72 bits per heavy atom. The third-order valence-corrected chi connectivity index (χ3v) is 4.99. The van der Waals surface area contributed by atoms with E-state index in [0.717, 1.165) is 30.9 Å². The molecule has 0 spiro atoms. The van der Waals surface area contributed by atoms with Crippen molar-refractivity contribution in [3.63, 3.8) is 0 Å². The molecule has 0 saturated carbocycles. The molecule has 1 aromatic carbocycles. The molecule has 0 aliphatic carbocycles. The van der Waals surface area contributed by atoms with Crippen LogP contribution in [0.1, 0.15) is 18.3 Å². The van der Waals surface area contributed by atoms with Crippen LogP contribution in [-0.2, 0) is 29.5 Å². The second-order valence-electron chi connectivity index (χ2n) is 5.49. The van der Waals surface area contributed by atoms with Crippen molar-refractivity contribution in [2.24, 2.45) is 4.99 Å². The molecule has 1 heterocycles. The van der Waals surface area contributed by atoms with Crippen LogP contribution in [0.5, 0.6) is 0 Å². The van der Waals surface area contributed by atoms with Crippen LogP contribution < -0.4 is 10.6 Å². The number of hydrogen-bond acceptors (Lipinski definition) is 4. The summed E-state index contributed by atoms with van der Waals surface area (Å²) in [5, 5.41) is 14.4. The zero-order valence-corrected chi connectivity index (χ0v) is 15.6. The van der Waals surface area contributed by atoms with Gasteiger partial charge in [0.2, 0.25) is 0 Å². The average molecular weight is 363 g/mol. The molecule has 25 heavy (non-hydrogen) atoms. The molecule has 1 aromatic heterocycles. The largest absolute Gasteiger partial charge is 0.355 e. The summed E-state index contributed by atoms with van der Waals surface area (Å²) >= 11 is 0. The molecule has 0 aliphatic heterocycles. The summed E-state index contributed by atoms with van der Waals surface area (Å²) in [7, 11) is 0.839. The molecule has 7 nitrogen and oxygen atoms in total. The van der Waals surface area contributed by atoms with Gasteiger partial charge in [-0.15, -0.1) is 10.2 Å². The topological polar surface area (TPSA) is 84.2 Å². The van der Waals surface area contributed by atoms with Gasteiger partial charge in [-0.3, -0.25) is 9.20 Å². The molecular weight excluding hydrogens is 336 g/mol. The molecule has 1 atom stereocenters. The Labute approximate surface area is 151 Å². The third-order valence-electron chi connectivity index (χ3n) is 3.67. The van der Waals surface area contributed by atoms with Crippen molar-refractivity contribution in [2.45, 2.75) is 25.6 Å². The Balaban J connectivity index is 1.65. The molecular formula is C17H26N6OS. The van der Waals surface area contributed by atoms with E-state index in [1.807, 2.05) is 34.9 Å². The molecule has 0 fully saturated rings. The van der Waals surface area contributed by atoms with Crippen molar-refractivity contribution >= 4 is 16.8 Å². The van der Waals surface area contributed by atoms with E-state index >= 15 is 0 Å². The van der Waals surface area contributed by atoms with Crippen molar-refractivity contribution in [2.75, 3.05) is 25.9 Å². The molecule has 2 N–H and O–H groups in total. The minimum atomic E-state index is -0.890. The zero-order valence-electron chi connectivity index (χ0n) is 14.8. The number of aliphatic imine (C=N–C) groups is 1. The van der Waals surface area contributed by atoms with Gasteiger partial charge in [-0.05, 0) is 5.56 Å². The number of benzene rings is 1. The molecule has 8 heteroatoms. The Morgan fingerprint density at radius 1 is 1.24 bits per heavy atom. The molecule has 0 bridgehead atoms. The van der Waals surface area contributed by atoms with E-state index in [1.165, 1.54) is 0 Å². The van der Waals surface area contributed by atoms with Crippen molar-refractivity contribution in [3.8, 4) is 0 Å². The minimum Gasteiger partial charge on any atom is -0.355 e. The summed E-state index contributed by atoms with van der Waals surface area (Å²) in [5.74, 6) is 2.85. The van der Waals surface area contributed by atoms with E-state index in [2.05, 4.69) is 32.7 Å². The van der Waals surface area contributed by atoms with Crippen LogP contribution in [0.2, 0.25) is 0 Å². The van der Waals surface area contributed by atoms with Gasteiger partial charge >= 0.3 is 0 Å². The van der Waals surface area contributed by atoms with Crippen LogP contribution in [-0.4, -0.2) is 50.8 Å². The Hall–Kier alpha value is -2.22. The van der Waals surface area contributed by atoms with Crippen LogP contribution in [0.15, 0.2) is 41.7 Å². The maximum absolute atomic E-state index is 12.1. The van der Waals surface area contributed by atoms with Gasteiger partial charge in [-0.25, -0.2) is 0 Å². The quantitative estimate of drug-likeness (QED) is 0.513. The monoisotopic (exact) mass is 362 g/mol. The van der Waals surface area contributed by atoms with Crippen molar-refractivity contribution < 1.29 is 4.21 Å². The maximum Gasteiger partial charge on any atom is 0.191 e. The van der Waals surface area contributed by atoms with Crippen LogP contribution >= 0.6 is 0 Å². The van der Waals surface area contributed by atoms with E-state index in [0.29, 0.717) is 24.0 Å². The highest BCUT2D eigenvalue weighted by Gasteiger charge is 2.04. The van der Waals surface area contributed by atoms with Gasteiger partial charge in [0.15, 0.2) is 5.96 Å². The molecule has 0 amide bonds. The fourth-order valence-electron chi connectivity index (χ4n) is 2.37. The van der Waals surface area contributed by atoms with Crippen LogP contribution in [0.4, 0.5) is 0 Å².